The smallest absolute Gasteiger partial charge is 1.00 e. The fraction of sp³-hybridized carbons (Fsp3) is 1.00. The number of rotatable bonds is 5. The van der Waals surface area contributed by atoms with Crippen LogP contribution in [0.3, 0.4) is 0 Å². The summed E-state index contributed by atoms with van der Waals surface area (Å²) >= 11 is 3.61. The number of hydrogen-bond donors (Lipinski definition) is 0. The van der Waals surface area contributed by atoms with Crippen LogP contribution < -0.4 is 0 Å². The topological polar surface area (TPSA) is 0 Å². The molecule has 0 fully saturated rings. The largest absolute Gasteiger partial charge is 2.00 e. The van der Waals surface area contributed by atoms with Crippen molar-refractivity contribution in [2.45, 2.75) is 50.8 Å². The van der Waals surface area contributed by atoms with E-state index in [0.717, 1.165) is 4.83 Å². The Bertz CT molecular complexity index is 65.0. The maximum atomic E-state index is 3.61. The molecule has 0 N–H and O–H groups in total. The van der Waals surface area contributed by atoms with E-state index in [2.05, 4.69) is 29.8 Å². The van der Waals surface area contributed by atoms with Crippen LogP contribution in [0, 0.1) is 0 Å². The van der Waals surface area contributed by atoms with Gasteiger partial charge < -0.3 is 2.85 Å². The quantitative estimate of drug-likeness (QED) is 0.377. The van der Waals surface area contributed by atoms with Gasteiger partial charge in [-0.15, -0.1) is 0 Å². The van der Waals surface area contributed by atoms with Crippen molar-refractivity contribution in [3.8, 4) is 0 Å². The van der Waals surface area contributed by atoms with Gasteiger partial charge in [0.1, 0.15) is 0 Å². The first-order chi connectivity index (χ1) is 4.31. The summed E-state index contributed by atoms with van der Waals surface area (Å²) in [7, 11) is 0. The Morgan fingerprint density at radius 3 is 2.30 bits per heavy atom. The summed E-state index contributed by atoms with van der Waals surface area (Å²) in [5.41, 5.74) is 0. The van der Waals surface area contributed by atoms with Crippen LogP contribution >= 0.6 is 15.9 Å². The third-order valence-electron chi connectivity index (χ3n) is 1.56. The molecule has 0 rings (SSSR count). The van der Waals surface area contributed by atoms with E-state index in [1.165, 1.54) is 32.1 Å². The Morgan fingerprint density at radius 2 is 1.90 bits per heavy atom. The Labute approximate surface area is 92.4 Å². The van der Waals surface area contributed by atoms with Crippen LogP contribution in [-0.2, 0) is 0 Å². The molecule has 1 unspecified atom stereocenters. The molecule has 0 aliphatic rings. The molecule has 0 saturated heterocycles. The fourth-order valence-corrected chi connectivity index (χ4v) is 1.14. The fourth-order valence-electron chi connectivity index (χ4n) is 0.820. The molecule has 0 bridgehead atoms. The molecular weight excluding hydrogens is 200 g/mol. The average Bonchev–Trinajstić information content (AvgIpc) is 1.89. The molecule has 0 spiro atoms. The summed E-state index contributed by atoms with van der Waals surface area (Å²) in [6.07, 6.45) is 6.74. The predicted octanol–water partition coefficient (Wildman–Crippen LogP) is 3.58. The third-order valence-corrected chi connectivity index (χ3v) is 2.67. The van der Waals surface area contributed by atoms with E-state index < -0.39 is 0 Å². The number of alkyl halides is 1. The second-order valence-corrected chi connectivity index (χ2v) is 3.80. The summed E-state index contributed by atoms with van der Waals surface area (Å²) < 4.78 is 0. The summed E-state index contributed by atoms with van der Waals surface area (Å²) in [6, 6.07) is 0. The van der Waals surface area contributed by atoms with Gasteiger partial charge in [-0.05, 0) is 12.8 Å². The minimum absolute atomic E-state index is 0. The SMILES string of the molecule is CCCCCC(Br)CC.[H-].[H-].[Mg+2]. The van der Waals surface area contributed by atoms with Crippen LogP contribution in [0.2, 0.25) is 0 Å². The van der Waals surface area contributed by atoms with Crippen LogP contribution in [0.5, 0.6) is 0 Å². The molecule has 0 aromatic rings. The molecule has 60 valence electrons. The summed E-state index contributed by atoms with van der Waals surface area (Å²) in [6.45, 7) is 4.47. The molecule has 0 aromatic carbocycles. The molecule has 2 heteroatoms. The molecule has 0 amide bonds. The summed E-state index contributed by atoms with van der Waals surface area (Å²) in [5, 5.41) is 0. The second-order valence-electron chi connectivity index (χ2n) is 2.50. The number of unbranched alkanes of at least 4 members (excludes halogenated alkanes) is 2. The second kappa shape index (κ2) is 10.2. The Kier molecular flexibility index (Phi) is 14.2. The van der Waals surface area contributed by atoms with Gasteiger partial charge in [0.05, 0.1) is 0 Å². The van der Waals surface area contributed by atoms with Crippen molar-refractivity contribution in [2.24, 2.45) is 0 Å². The van der Waals surface area contributed by atoms with Gasteiger partial charge in [-0.25, -0.2) is 0 Å². The number of hydrogen-bond acceptors (Lipinski definition) is 0. The van der Waals surface area contributed by atoms with E-state index in [1.54, 1.807) is 0 Å². The van der Waals surface area contributed by atoms with Gasteiger partial charge in [0, 0.05) is 4.83 Å². The monoisotopic (exact) mass is 218 g/mol. The van der Waals surface area contributed by atoms with Gasteiger partial charge in [-0.1, -0.05) is 49.0 Å². The van der Waals surface area contributed by atoms with E-state index in [9.17, 15) is 0 Å². The van der Waals surface area contributed by atoms with Crippen molar-refractivity contribution >= 4 is 39.0 Å². The molecule has 10 heavy (non-hydrogen) atoms. The van der Waals surface area contributed by atoms with Crippen LogP contribution in [-0.4, -0.2) is 27.9 Å². The van der Waals surface area contributed by atoms with Crippen molar-refractivity contribution in [2.75, 3.05) is 0 Å². The average molecular weight is 219 g/mol. The molecule has 0 aliphatic heterocycles. The van der Waals surface area contributed by atoms with Crippen molar-refractivity contribution in [3.05, 3.63) is 0 Å². The molecule has 0 aliphatic carbocycles. The molecule has 0 aromatic heterocycles. The van der Waals surface area contributed by atoms with Crippen LogP contribution in [0.25, 0.3) is 0 Å². The zero-order valence-corrected chi connectivity index (χ0v) is 10.2. The van der Waals surface area contributed by atoms with E-state index in [-0.39, 0.29) is 25.9 Å². The Hall–Kier alpha value is 1.25. The minimum atomic E-state index is 0. The molecule has 1 atom stereocenters. The van der Waals surface area contributed by atoms with E-state index in [4.69, 9.17) is 0 Å². The first-order valence-electron chi connectivity index (χ1n) is 3.95. The van der Waals surface area contributed by atoms with Gasteiger partial charge in [0.15, 0.2) is 0 Å². The van der Waals surface area contributed by atoms with Crippen molar-refractivity contribution in [1.82, 2.24) is 0 Å². The van der Waals surface area contributed by atoms with Crippen molar-refractivity contribution < 1.29 is 2.85 Å². The molecular formula is C8H19BrMg. The van der Waals surface area contributed by atoms with Gasteiger partial charge in [-0.3, -0.25) is 0 Å². The molecule has 0 nitrogen and oxygen atoms in total. The zero-order valence-electron chi connectivity index (χ0n) is 9.20. The zero-order chi connectivity index (χ0) is 7.11. The number of halogens is 1. The van der Waals surface area contributed by atoms with Crippen molar-refractivity contribution in [1.29, 1.82) is 0 Å². The Morgan fingerprint density at radius 1 is 1.30 bits per heavy atom. The van der Waals surface area contributed by atoms with E-state index in [1.807, 2.05) is 0 Å². The maximum Gasteiger partial charge on any atom is 2.00 e. The van der Waals surface area contributed by atoms with Gasteiger partial charge in [0.25, 0.3) is 0 Å². The van der Waals surface area contributed by atoms with Crippen LogP contribution in [0.15, 0.2) is 0 Å². The first kappa shape index (κ1) is 13.8. The molecule has 0 saturated carbocycles. The summed E-state index contributed by atoms with van der Waals surface area (Å²) in [4.78, 5) is 0.768. The normalized spacial score (nSPS) is 12.3. The molecule has 0 heterocycles. The van der Waals surface area contributed by atoms with Gasteiger partial charge >= 0.3 is 23.1 Å². The maximum absolute atomic E-state index is 3.61. The first-order valence-corrected chi connectivity index (χ1v) is 4.86. The Balaban J connectivity index is -0.000000107. The predicted molar refractivity (Wildman–Crippen MR) is 55.1 cm³/mol. The standard InChI is InChI=1S/C8H17Br.Mg.2H/c1-3-5-6-7-8(9)4-2;;;/h8H,3-7H2,1-2H3;;;/q;+2;2*-1. The van der Waals surface area contributed by atoms with Crippen LogP contribution in [0.4, 0.5) is 0 Å². The van der Waals surface area contributed by atoms with Crippen LogP contribution in [0.1, 0.15) is 48.8 Å². The molecule has 0 radical (unpaired) electrons. The third kappa shape index (κ3) is 9.25. The van der Waals surface area contributed by atoms with Gasteiger partial charge in [-0.2, -0.15) is 0 Å². The van der Waals surface area contributed by atoms with E-state index in [0.29, 0.717) is 0 Å². The minimum Gasteiger partial charge on any atom is -1.00 e. The van der Waals surface area contributed by atoms with Crippen molar-refractivity contribution in [3.63, 3.8) is 0 Å². The summed E-state index contributed by atoms with van der Waals surface area (Å²) in [5.74, 6) is 0. The van der Waals surface area contributed by atoms with E-state index >= 15 is 0 Å². The van der Waals surface area contributed by atoms with Gasteiger partial charge in [0.2, 0.25) is 0 Å².